The van der Waals surface area contributed by atoms with Crippen LogP contribution in [0.1, 0.15) is 39.0 Å². The number of piperidine rings is 2. The zero-order chi connectivity index (χ0) is 19.6. The van der Waals surface area contributed by atoms with Gasteiger partial charge in [-0.25, -0.2) is 0 Å². The standard InChI is InChI=1S/C22H37N5O/c1-2-23-22(24-13-6-14-26-15-11-21(28)12-16-26)25-19-9-17-27(18-10-19)20-7-4-3-5-8-20/h3-5,7-8,19,21,28H,2,6,9-18H2,1H3,(H2,23,24,25). The van der Waals surface area contributed by atoms with Gasteiger partial charge in [0.2, 0.25) is 0 Å². The molecule has 2 fully saturated rings. The van der Waals surface area contributed by atoms with Crippen molar-refractivity contribution in [3.63, 3.8) is 0 Å². The quantitative estimate of drug-likeness (QED) is 0.380. The summed E-state index contributed by atoms with van der Waals surface area (Å²) in [5.41, 5.74) is 1.33. The Labute approximate surface area is 170 Å². The van der Waals surface area contributed by atoms with E-state index in [9.17, 15) is 5.11 Å². The molecule has 6 nitrogen and oxygen atoms in total. The molecule has 0 aromatic heterocycles. The van der Waals surface area contributed by atoms with E-state index in [1.165, 1.54) is 5.69 Å². The molecule has 0 amide bonds. The van der Waals surface area contributed by atoms with E-state index in [2.05, 4.69) is 57.7 Å². The normalized spacial score (nSPS) is 20.4. The Morgan fingerprint density at radius 3 is 2.46 bits per heavy atom. The minimum atomic E-state index is -0.0906. The maximum atomic E-state index is 9.60. The average molecular weight is 388 g/mol. The zero-order valence-corrected chi connectivity index (χ0v) is 17.3. The molecule has 0 atom stereocenters. The number of nitrogens with zero attached hydrogens (tertiary/aromatic N) is 3. The monoisotopic (exact) mass is 387 g/mol. The second kappa shape index (κ2) is 11.3. The summed E-state index contributed by atoms with van der Waals surface area (Å²) in [6.45, 7) is 9.13. The fourth-order valence-corrected chi connectivity index (χ4v) is 4.06. The first-order valence-corrected chi connectivity index (χ1v) is 11.0. The number of hydrogen-bond donors (Lipinski definition) is 3. The molecule has 0 aliphatic carbocycles. The number of likely N-dealkylation sites (tertiary alicyclic amines) is 1. The van der Waals surface area contributed by atoms with Crippen molar-refractivity contribution in [2.24, 2.45) is 4.99 Å². The lowest BCUT2D eigenvalue weighted by Crippen LogP contribution is -2.48. The van der Waals surface area contributed by atoms with E-state index in [4.69, 9.17) is 4.99 Å². The van der Waals surface area contributed by atoms with Crippen LogP contribution in [0.5, 0.6) is 0 Å². The van der Waals surface area contributed by atoms with Crippen LogP contribution in [0.4, 0.5) is 5.69 Å². The molecule has 0 spiro atoms. The highest BCUT2D eigenvalue weighted by Gasteiger charge is 2.20. The summed E-state index contributed by atoms with van der Waals surface area (Å²) in [6, 6.07) is 11.2. The fourth-order valence-electron chi connectivity index (χ4n) is 4.06. The first kappa shape index (κ1) is 20.9. The van der Waals surface area contributed by atoms with E-state index in [1.807, 2.05) is 0 Å². The molecular formula is C22H37N5O. The summed E-state index contributed by atoms with van der Waals surface area (Å²) >= 11 is 0. The van der Waals surface area contributed by atoms with Gasteiger partial charge in [0.05, 0.1) is 6.10 Å². The minimum Gasteiger partial charge on any atom is -0.393 e. The van der Waals surface area contributed by atoms with E-state index < -0.39 is 0 Å². The van der Waals surface area contributed by atoms with E-state index in [-0.39, 0.29) is 6.10 Å². The van der Waals surface area contributed by atoms with Crippen LogP contribution in [0, 0.1) is 0 Å². The number of nitrogens with one attached hydrogen (secondary N) is 2. The first-order valence-electron chi connectivity index (χ1n) is 11.0. The predicted molar refractivity (Wildman–Crippen MR) is 117 cm³/mol. The Bertz CT molecular complexity index is 578. The molecule has 156 valence electrons. The smallest absolute Gasteiger partial charge is 0.191 e. The van der Waals surface area contributed by atoms with Crippen molar-refractivity contribution >= 4 is 11.6 Å². The van der Waals surface area contributed by atoms with E-state index in [1.54, 1.807) is 0 Å². The van der Waals surface area contributed by atoms with Gasteiger partial charge in [0.1, 0.15) is 0 Å². The molecule has 0 unspecified atom stereocenters. The van der Waals surface area contributed by atoms with E-state index in [0.29, 0.717) is 6.04 Å². The number of aliphatic hydroxyl groups excluding tert-OH is 1. The van der Waals surface area contributed by atoms with Crippen LogP contribution < -0.4 is 15.5 Å². The summed E-state index contributed by atoms with van der Waals surface area (Å²) in [7, 11) is 0. The molecule has 6 heteroatoms. The third-order valence-corrected chi connectivity index (χ3v) is 5.76. The largest absolute Gasteiger partial charge is 0.393 e. The molecule has 0 saturated carbocycles. The third-order valence-electron chi connectivity index (χ3n) is 5.76. The molecule has 2 heterocycles. The summed E-state index contributed by atoms with van der Waals surface area (Å²) in [5.74, 6) is 0.953. The summed E-state index contributed by atoms with van der Waals surface area (Å²) in [4.78, 5) is 9.71. The van der Waals surface area contributed by atoms with Gasteiger partial charge in [-0.3, -0.25) is 4.99 Å². The van der Waals surface area contributed by atoms with Crippen LogP contribution in [0.15, 0.2) is 35.3 Å². The number of rotatable bonds is 7. The van der Waals surface area contributed by atoms with Crippen molar-refractivity contribution in [2.45, 2.75) is 51.2 Å². The van der Waals surface area contributed by atoms with Crippen molar-refractivity contribution in [3.05, 3.63) is 30.3 Å². The fraction of sp³-hybridized carbons (Fsp3) is 0.682. The Morgan fingerprint density at radius 1 is 1.07 bits per heavy atom. The molecular weight excluding hydrogens is 350 g/mol. The van der Waals surface area contributed by atoms with Gasteiger partial charge in [0.15, 0.2) is 5.96 Å². The average Bonchev–Trinajstić information content (AvgIpc) is 2.74. The van der Waals surface area contributed by atoms with Gasteiger partial charge in [0.25, 0.3) is 0 Å². The van der Waals surface area contributed by atoms with Gasteiger partial charge in [-0.15, -0.1) is 0 Å². The van der Waals surface area contributed by atoms with Gasteiger partial charge in [-0.05, 0) is 57.7 Å². The van der Waals surface area contributed by atoms with Crippen molar-refractivity contribution in [2.75, 3.05) is 50.7 Å². The van der Waals surface area contributed by atoms with Crippen LogP contribution in [0.2, 0.25) is 0 Å². The Kier molecular flexibility index (Phi) is 8.42. The van der Waals surface area contributed by atoms with Crippen molar-refractivity contribution in [1.82, 2.24) is 15.5 Å². The maximum absolute atomic E-state index is 9.60. The summed E-state index contributed by atoms with van der Waals surface area (Å²) in [6.07, 6.45) is 5.07. The van der Waals surface area contributed by atoms with Gasteiger partial charge >= 0.3 is 0 Å². The highest BCUT2D eigenvalue weighted by atomic mass is 16.3. The third kappa shape index (κ3) is 6.67. The van der Waals surface area contributed by atoms with Crippen LogP contribution in [-0.2, 0) is 0 Å². The molecule has 1 aromatic carbocycles. The molecule has 0 bridgehead atoms. The number of aliphatic hydroxyl groups is 1. The molecule has 3 N–H and O–H groups in total. The molecule has 0 radical (unpaired) electrons. The second-order valence-electron chi connectivity index (χ2n) is 7.93. The van der Waals surface area contributed by atoms with Gasteiger partial charge in [-0.2, -0.15) is 0 Å². The molecule has 2 aliphatic rings. The topological polar surface area (TPSA) is 63.1 Å². The molecule has 3 rings (SSSR count). The lowest BCUT2D eigenvalue weighted by Gasteiger charge is -2.34. The maximum Gasteiger partial charge on any atom is 0.191 e. The number of anilines is 1. The van der Waals surface area contributed by atoms with Crippen LogP contribution in [0.3, 0.4) is 0 Å². The van der Waals surface area contributed by atoms with Gasteiger partial charge in [-0.1, -0.05) is 18.2 Å². The predicted octanol–water partition coefficient (Wildman–Crippen LogP) is 2.06. The number of guanidine groups is 1. The van der Waals surface area contributed by atoms with Crippen LogP contribution in [0.25, 0.3) is 0 Å². The minimum absolute atomic E-state index is 0.0906. The number of benzene rings is 1. The Balaban J connectivity index is 1.38. The Hall–Kier alpha value is -1.79. The van der Waals surface area contributed by atoms with Crippen molar-refractivity contribution in [3.8, 4) is 0 Å². The lowest BCUT2D eigenvalue weighted by atomic mass is 10.0. The molecule has 2 aliphatic heterocycles. The zero-order valence-electron chi connectivity index (χ0n) is 17.3. The second-order valence-corrected chi connectivity index (χ2v) is 7.93. The summed E-state index contributed by atoms with van der Waals surface area (Å²) in [5, 5.41) is 16.6. The molecule has 2 saturated heterocycles. The number of para-hydroxylation sites is 1. The van der Waals surface area contributed by atoms with Crippen LogP contribution in [-0.4, -0.2) is 73.9 Å². The van der Waals surface area contributed by atoms with Crippen LogP contribution >= 0.6 is 0 Å². The van der Waals surface area contributed by atoms with Gasteiger partial charge < -0.3 is 25.5 Å². The van der Waals surface area contributed by atoms with Crippen molar-refractivity contribution < 1.29 is 5.11 Å². The van der Waals surface area contributed by atoms with Crippen molar-refractivity contribution in [1.29, 1.82) is 0 Å². The highest BCUT2D eigenvalue weighted by Crippen LogP contribution is 2.19. The lowest BCUT2D eigenvalue weighted by molar-refractivity contribution is 0.0824. The molecule has 28 heavy (non-hydrogen) atoms. The SMILES string of the molecule is CCNC(=NCCCN1CCC(O)CC1)NC1CCN(c2ccccc2)CC1. The first-order chi connectivity index (χ1) is 13.7. The van der Waals surface area contributed by atoms with E-state index in [0.717, 1.165) is 83.9 Å². The van der Waals surface area contributed by atoms with E-state index >= 15 is 0 Å². The number of aliphatic imine (C=N–C) groups is 1. The molecule has 1 aromatic rings. The van der Waals surface area contributed by atoms with Gasteiger partial charge in [0, 0.05) is 51.0 Å². The summed E-state index contributed by atoms with van der Waals surface area (Å²) < 4.78 is 0. The number of hydrogen-bond acceptors (Lipinski definition) is 4. The highest BCUT2D eigenvalue weighted by molar-refractivity contribution is 5.80. The Morgan fingerprint density at radius 2 is 1.79 bits per heavy atom.